The fourth-order valence-corrected chi connectivity index (χ4v) is 0.836. The Balaban J connectivity index is 0. The van der Waals surface area contributed by atoms with E-state index in [0.717, 1.165) is 6.42 Å². The van der Waals surface area contributed by atoms with E-state index in [9.17, 15) is 17.7 Å². The predicted molar refractivity (Wildman–Crippen MR) is 71.6 cm³/mol. The van der Waals surface area contributed by atoms with Crippen LogP contribution in [0.15, 0.2) is 36.4 Å². The second-order valence-corrected chi connectivity index (χ2v) is 3.46. The maximum Gasteiger partial charge on any atom is 0.762 e. The fraction of sp³-hybridized carbons (Fsp3) is 0.462. The quantitative estimate of drug-likeness (QED) is 0.612. The monoisotopic (exact) mass is 276 g/mol. The summed E-state index contributed by atoms with van der Waals surface area (Å²) in [6, 6.07) is 12.0. The van der Waals surface area contributed by atoms with E-state index in [2.05, 4.69) is 0 Å². The van der Waals surface area contributed by atoms with Crippen molar-refractivity contribution in [1.29, 1.82) is 0 Å². The number of carbonyl (C=O) groups is 1. The van der Waals surface area contributed by atoms with Crippen LogP contribution in [0.4, 0.5) is 12.9 Å². The van der Waals surface area contributed by atoms with Gasteiger partial charge in [-0.2, -0.15) is 0 Å². The molecule has 2 nitrogen and oxygen atoms in total. The van der Waals surface area contributed by atoms with E-state index in [-0.39, 0.29) is 11.9 Å². The summed E-state index contributed by atoms with van der Waals surface area (Å²) in [6.45, 7) is 6.16. The normalized spacial score (nSPS) is 10.0. The average molecular weight is 276 g/mol. The van der Waals surface area contributed by atoms with Crippen LogP contribution in [-0.2, 0) is 9.53 Å². The van der Waals surface area contributed by atoms with Gasteiger partial charge in [-0.25, -0.2) is 0 Å². The van der Waals surface area contributed by atoms with Crippen LogP contribution in [0.1, 0.15) is 27.2 Å². The van der Waals surface area contributed by atoms with Crippen molar-refractivity contribution in [1.82, 2.24) is 0 Å². The van der Waals surface area contributed by atoms with Gasteiger partial charge in [0.05, 0.1) is 12.5 Å². The largest absolute Gasteiger partial charge is 0.762 e. The molecule has 0 saturated carbocycles. The highest BCUT2D eigenvalue weighted by molar-refractivity contribution is 6.33. The first-order chi connectivity index (χ1) is 8.95. The van der Waals surface area contributed by atoms with Crippen LogP contribution in [0.5, 0.6) is 0 Å². The third kappa shape index (κ3) is 19.1. The van der Waals surface area contributed by atoms with E-state index in [1.165, 1.54) is 0 Å². The molecule has 0 N–H and O–H groups in total. The molecule has 6 heteroatoms. The van der Waals surface area contributed by atoms with E-state index in [1.54, 1.807) is 0 Å². The Morgan fingerprint density at radius 2 is 1.37 bits per heavy atom. The molecule has 0 aliphatic carbocycles. The first kappa shape index (κ1) is 19.9. The van der Waals surface area contributed by atoms with E-state index in [0.29, 0.717) is 6.61 Å². The summed E-state index contributed by atoms with van der Waals surface area (Å²) in [4.78, 5) is 10.8. The molecule has 1 aromatic rings. The van der Waals surface area contributed by atoms with Gasteiger partial charge < -0.3 is 4.74 Å². The van der Waals surface area contributed by atoms with E-state index in [4.69, 9.17) is 4.74 Å². The van der Waals surface area contributed by atoms with Crippen molar-refractivity contribution in [2.45, 2.75) is 27.2 Å². The molecule has 0 aliphatic heterocycles. The molecule has 0 amide bonds. The Morgan fingerprint density at radius 3 is 1.58 bits per heavy atom. The number of hydrogen-bond donors (Lipinski definition) is 0. The van der Waals surface area contributed by atoms with Gasteiger partial charge in [0.25, 0.3) is 0 Å². The van der Waals surface area contributed by atoms with Gasteiger partial charge in [-0.3, -0.25) is 17.7 Å². The molecule has 0 radical (unpaired) electrons. The molecule has 1 unspecified atom stereocenters. The summed E-state index contributed by atoms with van der Waals surface area (Å²) < 4.78 is 33.8. The number of benzene rings is 1. The predicted octanol–water partition coefficient (Wildman–Crippen LogP) is 4.16. The SMILES string of the molecule is CCOC(=O)C(C)CC.FB(F)F.c1ccccc1. The summed E-state index contributed by atoms with van der Waals surface area (Å²) in [7, 11) is -3.67. The van der Waals surface area contributed by atoms with Crippen LogP contribution >= 0.6 is 0 Å². The zero-order valence-corrected chi connectivity index (χ0v) is 11.5. The van der Waals surface area contributed by atoms with Gasteiger partial charge in [0.15, 0.2) is 0 Å². The summed E-state index contributed by atoms with van der Waals surface area (Å²) in [6.07, 6.45) is 0.860. The zero-order chi connectivity index (χ0) is 15.1. The molecule has 108 valence electrons. The molecule has 0 aromatic heterocycles. The van der Waals surface area contributed by atoms with Crippen LogP contribution in [0, 0.1) is 5.92 Å². The molecule has 0 bridgehead atoms. The average Bonchev–Trinajstić information content (AvgIpc) is 2.40. The van der Waals surface area contributed by atoms with Crippen molar-refractivity contribution in [2.24, 2.45) is 5.92 Å². The number of halogens is 3. The minimum Gasteiger partial charge on any atom is -0.466 e. The first-order valence-corrected chi connectivity index (χ1v) is 6.04. The smallest absolute Gasteiger partial charge is 0.466 e. The van der Waals surface area contributed by atoms with Crippen LogP contribution < -0.4 is 0 Å². The summed E-state index contributed by atoms with van der Waals surface area (Å²) in [5.41, 5.74) is 0. The first-order valence-electron chi connectivity index (χ1n) is 6.04. The zero-order valence-electron chi connectivity index (χ0n) is 11.5. The highest BCUT2D eigenvalue weighted by atomic mass is 19.4. The Hall–Kier alpha value is -1.46. The summed E-state index contributed by atoms with van der Waals surface area (Å²) >= 11 is 0. The molecule has 1 aromatic carbocycles. The van der Waals surface area contributed by atoms with E-state index >= 15 is 0 Å². The molecule has 0 heterocycles. The Morgan fingerprint density at radius 1 is 1.05 bits per heavy atom. The highest BCUT2D eigenvalue weighted by Crippen LogP contribution is 2.01. The Bertz CT molecular complexity index is 268. The lowest BCUT2D eigenvalue weighted by Crippen LogP contribution is -2.13. The molecular formula is C13H20BF3O2. The summed E-state index contributed by atoms with van der Waals surface area (Å²) in [5, 5.41) is 0. The second kappa shape index (κ2) is 14.6. The third-order valence-corrected chi connectivity index (χ3v) is 1.97. The van der Waals surface area contributed by atoms with Gasteiger partial charge in [0.2, 0.25) is 0 Å². The number of ether oxygens (including phenoxy) is 1. The Labute approximate surface area is 113 Å². The number of carbonyl (C=O) groups excluding carboxylic acids is 1. The fourth-order valence-electron chi connectivity index (χ4n) is 0.836. The van der Waals surface area contributed by atoms with Crippen molar-refractivity contribution in [2.75, 3.05) is 6.61 Å². The number of rotatable bonds is 3. The molecular weight excluding hydrogens is 256 g/mol. The number of hydrogen-bond acceptors (Lipinski definition) is 2. The highest BCUT2D eigenvalue weighted by Gasteiger charge is 2.09. The van der Waals surface area contributed by atoms with Gasteiger partial charge in [-0.05, 0) is 13.3 Å². The van der Waals surface area contributed by atoms with Crippen LogP contribution in [0.3, 0.4) is 0 Å². The standard InChI is InChI=1S/C7H14O2.C6H6.BF3/c1-4-6(3)7(8)9-5-2;1-2-4-6-5-3-1;2-1(3)4/h6H,4-5H2,1-3H3;1-6H;. The third-order valence-electron chi connectivity index (χ3n) is 1.97. The van der Waals surface area contributed by atoms with Gasteiger partial charge in [0, 0.05) is 0 Å². The molecule has 19 heavy (non-hydrogen) atoms. The van der Waals surface area contributed by atoms with Crippen molar-refractivity contribution < 1.29 is 22.5 Å². The van der Waals surface area contributed by atoms with Crippen molar-refractivity contribution >= 4 is 13.5 Å². The topological polar surface area (TPSA) is 26.3 Å². The molecule has 0 saturated heterocycles. The van der Waals surface area contributed by atoms with Crippen LogP contribution in [0.2, 0.25) is 0 Å². The van der Waals surface area contributed by atoms with Gasteiger partial charge >= 0.3 is 13.5 Å². The van der Waals surface area contributed by atoms with Crippen molar-refractivity contribution in [3.63, 3.8) is 0 Å². The maximum atomic E-state index is 10.8. The van der Waals surface area contributed by atoms with E-state index < -0.39 is 7.54 Å². The molecule has 1 rings (SSSR count). The minimum absolute atomic E-state index is 0.0601. The lowest BCUT2D eigenvalue weighted by atomic mass is 10.1. The van der Waals surface area contributed by atoms with Gasteiger partial charge in [-0.1, -0.05) is 50.2 Å². The van der Waals surface area contributed by atoms with Crippen LogP contribution in [-0.4, -0.2) is 20.1 Å². The lowest BCUT2D eigenvalue weighted by Gasteiger charge is -2.05. The minimum atomic E-state index is -3.67. The molecule has 0 aliphatic rings. The molecule has 1 atom stereocenters. The summed E-state index contributed by atoms with van der Waals surface area (Å²) in [5.74, 6) is -0.0232. The lowest BCUT2D eigenvalue weighted by molar-refractivity contribution is -0.147. The van der Waals surface area contributed by atoms with Crippen LogP contribution in [0.25, 0.3) is 0 Å². The van der Waals surface area contributed by atoms with Gasteiger partial charge in [-0.15, -0.1) is 0 Å². The Kier molecular flexibility index (Phi) is 15.3. The molecule has 0 fully saturated rings. The second-order valence-electron chi connectivity index (χ2n) is 3.46. The number of esters is 1. The van der Waals surface area contributed by atoms with E-state index in [1.807, 2.05) is 57.2 Å². The van der Waals surface area contributed by atoms with Gasteiger partial charge in [0.1, 0.15) is 0 Å². The molecule has 0 spiro atoms. The maximum absolute atomic E-state index is 10.8. The van der Waals surface area contributed by atoms with Crippen molar-refractivity contribution in [3.8, 4) is 0 Å². The van der Waals surface area contributed by atoms with Crippen molar-refractivity contribution in [3.05, 3.63) is 36.4 Å².